The zero-order valence-corrected chi connectivity index (χ0v) is 15.0. The van der Waals surface area contributed by atoms with E-state index in [1.807, 2.05) is 0 Å². The lowest BCUT2D eigenvalue weighted by Crippen LogP contribution is -2.36. The summed E-state index contributed by atoms with van der Waals surface area (Å²) in [4.78, 5) is 34.4. The molecule has 1 amide bonds. The van der Waals surface area contributed by atoms with Crippen LogP contribution in [0.3, 0.4) is 0 Å². The number of carbonyl (C=O) groups excluding carboxylic acids is 1. The largest absolute Gasteiger partial charge is 0.478 e. The number of fused-ring (bicyclic) bond motifs is 1. The third-order valence-electron chi connectivity index (χ3n) is 4.20. The summed E-state index contributed by atoms with van der Waals surface area (Å²) in [7, 11) is 0. The number of morpholine rings is 1. The number of aromatic carboxylic acids is 1. The zero-order chi connectivity index (χ0) is 18.8. The van der Waals surface area contributed by atoms with Gasteiger partial charge in [0.25, 0.3) is 5.91 Å². The van der Waals surface area contributed by atoms with E-state index in [9.17, 15) is 9.59 Å². The van der Waals surface area contributed by atoms with Crippen molar-refractivity contribution in [2.24, 2.45) is 0 Å². The smallest absolute Gasteiger partial charge is 0.335 e. The number of rotatable bonds is 4. The van der Waals surface area contributed by atoms with E-state index >= 15 is 0 Å². The van der Waals surface area contributed by atoms with E-state index in [1.165, 1.54) is 17.4 Å². The number of ether oxygens (including phenoxy) is 1. The maximum absolute atomic E-state index is 12.6. The van der Waals surface area contributed by atoms with Crippen LogP contribution in [0.4, 0.5) is 10.9 Å². The van der Waals surface area contributed by atoms with Crippen molar-refractivity contribution < 1.29 is 19.4 Å². The van der Waals surface area contributed by atoms with Gasteiger partial charge in [-0.3, -0.25) is 10.1 Å². The first-order valence-electron chi connectivity index (χ1n) is 8.34. The summed E-state index contributed by atoms with van der Waals surface area (Å²) in [5.74, 6) is -0.547. The molecule has 2 N–H and O–H groups in total. The van der Waals surface area contributed by atoms with Crippen molar-refractivity contribution in [3.05, 3.63) is 47.7 Å². The monoisotopic (exact) mass is 384 g/mol. The number of amides is 1. The predicted molar refractivity (Wildman–Crippen MR) is 102 cm³/mol. The maximum Gasteiger partial charge on any atom is 0.335 e. The van der Waals surface area contributed by atoms with Crippen molar-refractivity contribution in [1.29, 1.82) is 0 Å². The van der Waals surface area contributed by atoms with Gasteiger partial charge >= 0.3 is 5.97 Å². The van der Waals surface area contributed by atoms with Gasteiger partial charge in [0.05, 0.1) is 29.0 Å². The molecule has 0 saturated carbocycles. The SMILES string of the molecule is O=C(O)c1ccc2nc(NC(=O)c3ccnc(N4CCOCC4)c3)sc2c1. The summed E-state index contributed by atoms with van der Waals surface area (Å²) in [6.45, 7) is 2.76. The van der Waals surface area contributed by atoms with Gasteiger partial charge in [-0.25, -0.2) is 14.8 Å². The molecule has 4 rings (SSSR count). The second-order valence-electron chi connectivity index (χ2n) is 5.96. The normalized spacial score (nSPS) is 14.3. The molecule has 1 aliphatic rings. The average molecular weight is 384 g/mol. The fraction of sp³-hybridized carbons (Fsp3) is 0.222. The minimum absolute atomic E-state index is 0.188. The van der Waals surface area contributed by atoms with Crippen molar-refractivity contribution in [2.45, 2.75) is 0 Å². The highest BCUT2D eigenvalue weighted by atomic mass is 32.1. The van der Waals surface area contributed by atoms with E-state index in [1.54, 1.807) is 30.5 Å². The molecule has 0 radical (unpaired) electrons. The van der Waals surface area contributed by atoms with Crippen LogP contribution in [0.25, 0.3) is 10.2 Å². The number of aromatic nitrogens is 2. The fourth-order valence-corrected chi connectivity index (χ4v) is 3.71. The second kappa shape index (κ2) is 7.29. The molecule has 8 nitrogen and oxygen atoms in total. The maximum atomic E-state index is 12.6. The minimum atomic E-state index is -0.997. The van der Waals surface area contributed by atoms with Crippen molar-refractivity contribution >= 4 is 44.4 Å². The Morgan fingerprint density at radius 2 is 1.96 bits per heavy atom. The van der Waals surface area contributed by atoms with Crippen molar-refractivity contribution in [3.8, 4) is 0 Å². The molecule has 0 aliphatic carbocycles. The van der Waals surface area contributed by atoms with E-state index in [4.69, 9.17) is 9.84 Å². The van der Waals surface area contributed by atoms with E-state index in [0.717, 1.165) is 18.9 Å². The third-order valence-corrected chi connectivity index (χ3v) is 5.13. The standard InChI is InChI=1S/C18H16N4O4S/c23-16(11-3-4-19-15(10-11)22-5-7-26-8-6-22)21-18-20-13-2-1-12(17(24)25)9-14(13)27-18/h1-4,9-10H,5-8H2,(H,24,25)(H,20,21,23). The van der Waals surface area contributed by atoms with Crippen LogP contribution in [0.2, 0.25) is 0 Å². The fourth-order valence-electron chi connectivity index (χ4n) is 2.81. The topological polar surface area (TPSA) is 105 Å². The Morgan fingerprint density at radius 1 is 1.15 bits per heavy atom. The van der Waals surface area contributed by atoms with Gasteiger partial charge in [-0.2, -0.15) is 0 Å². The zero-order valence-electron chi connectivity index (χ0n) is 14.2. The Morgan fingerprint density at radius 3 is 2.74 bits per heavy atom. The van der Waals surface area contributed by atoms with Crippen LogP contribution in [0.1, 0.15) is 20.7 Å². The summed E-state index contributed by atoms with van der Waals surface area (Å²) in [6.07, 6.45) is 1.61. The molecule has 1 saturated heterocycles. The average Bonchev–Trinajstić information content (AvgIpc) is 3.10. The van der Waals surface area contributed by atoms with E-state index in [2.05, 4.69) is 20.2 Å². The molecule has 0 unspecified atom stereocenters. The summed E-state index contributed by atoms with van der Waals surface area (Å²) in [6, 6.07) is 8.07. The number of benzene rings is 1. The highest BCUT2D eigenvalue weighted by Crippen LogP contribution is 2.27. The second-order valence-corrected chi connectivity index (χ2v) is 6.99. The highest BCUT2D eigenvalue weighted by Gasteiger charge is 2.16. The molecular formula is C18H16N4O4S. The lowest BCUT2D eigenvalue weighted by atomic mass is 10.2. The van der Waals surface area contributed by atoms with E-state index < -0.39 is 5.97 Å². The molecule has 138 valence electrons. The van der Waals surface area contributed by atoms with Gasteiger partial charge in [-0.05, 0) is 30.3 Å². The molecular weight excluding hydrogens is 368 g/mol. The summed E-state index contributed by atoms with van der Waals surface area (Å²) < 4.78 is 6.04. The lowest BCUT2D eigenvalue weighted by Gasteiger charge is -2.27. The van der Waals surface area contributed by atoms with Crippen LogP contribution in [-0.2, 0) is 4.74 Å². The molecule has 3 aromatic rings. The molecule has 0 atom stereocenters. The molecule has 0 spiro atoms. The number of nitrogens with one attached hydrogen (secondary N) is 1. The lowest BCUT2D eigenvalue weighted by molar-refractivity contribution is 0.0697. The van der Waals surface area contributed by atoms with Gasteiger partial charge in [0.15, 0.2) is 5.13 Å². The number of carboxylic acids is 1. The van der Waals surface area contributed by atoms with Crippen molar-refractivity contribution in [1.82, 2.24) is 9.97 Å². The molecule has 9 heteroatoms. The number of carbonyl (C=O) groups is 2. The number of hydrogen-bond donors (Lipinski definition) is 2. The number of nitrogens with zero attached hydrogens (tertiary/aromatic N) is 3. The Kier molecular flexibility index (Phi) is 4.69. The van der Waals surface area contributed by atoms with E-state index in [-0.39, 0.29) is 11.5 Å². The Bertz CT molecular complexity index is 1010. The first kappa shape index (κ1) is 17.4. The Hall–Kier alpha value is -3.04. The predicted octanol–water partition coefficient (Wildman–Crippen LogP) is 2.48. The van der Waals surface area contributed by atoms with Gasteiger partial charge in [0.1, 0.15) is 5.82 Å². The van der Waals surface area contributed by atoms with Crippen LogP contribution in [0, 0.1) is 0 Å². The third kappa shape index (κ3) is 3.74. The van der Waals surface area contributed by atoms with E-state index in [0.29, 0.717) is 34.1 Å². The number of hydrogen-bond acceptors (Lipinski definition) is 7. The van der Waals surface area contributed by atoms with Crippen LogP contribution in [-0.4, -0.2) is 53.3 Å². The van der Waals surface area contributed by atoms with Gasteiger partial charge in [-0.1, -0.05) is 11.3 Å². The number of pyridine rings is 1. The van der Waals surface area contributed by atoms with Gasteiger partial charge in [0, 0.05) is 24.8 Å². The molecule has 1 aliphatic heterocycles. The van der Waals surface area contributed by atoms with Crippen molar-refractivity contribution in [3.63, 3.8) is 0 Å². The molecule has 1 aromatic carbocycles. The molecule has 27 heavy (non-hydrogen) atoms. The van der Waals surface area contributed by atoms with Gasteiger partial charge in [0.2, 0.25) is 0 Å². The van der Waals surface area contributed by atoms with Crippen LogP contribution in [0.15, 0.2) is 36.5 Å². The molecule has 3 heterocycles. The van der Waals surface area contributed by atoms with Crippen LogP contribution in [0.5, 0.6) is 0 Å². The first-order chi connectivity index (χ1) is 13.1. The summed E-state index contributed by atoms with van der Waals surface area (Å²) >= 11 is 1.24. The van der Waals surface area contributed by atoms with Gasteiger partial charge in [-0.15, -0.1) is 0 Å². The number of anilines is 2. The minimum Gasteiger partial charge on any atom is -0.478 e. The Balaban J connectivity index is 1.53. The summed E-state index contributed by atoms with van der Waals surface area (Å²) in [5.41, 5.74) is 1.31. The molecule has 0 bridgehead atoms. The first-order valence-corrected chi connectivity index (χ1v) is 9.16. The van der Waals surface area contributed by atoms with Gasteiger partial charge < -0.3 is 14.7 Å². The van der Waals surface area contributed by atoms with Crippen LogP contribution < -0.4 is 10.2 Å². The number of carboxylic acid groups (broad SMARTS) is 1. The molecule has 1 fully saturated rings. The number of thiazole rings is 1. The Labute approximate surface area is 158 Å². The quantitative estimate of drug-likeness (QED) is 0.712. The molecule has 2 aromatic heterocycles. The van der Waals surface area contributed by atoms with Crippen molar-refractivity contribution in [2.75, 3.05) is 36.5 Å². The highest BCUT2D eigenvalue weighted by molar-refractivity contribution is 7.22. The van der Waals surface area contributed by atoms with Crippen LogP contribution >= 0.6 is 11.3 Å². The summed E-state index contributed by atoms with van der Waals surface area (Å²) in [5, 5.41) is 12.3.